The van der Waals surface area contributed by atoms with Crippen molar-refractivity contribution in [2.75, 3.05) is 10.8 Å². The predicted molar refractivity (Wildman–Crippen MR) is 181 cm³/mol. The van der Waals surface area contributed by atoms with Gasteiger partial charge in [-0.3, -0.25) is 13.9 Å². The van der Waals surface area contributed by atoms with Crippen LogP contribution in [0.5, 0.6) is 0 Å². The molecule has 0 spiro atoms. The minimum Gasteiger partial charge on any atom is -0.352 e. The number of hydrogen-bond acceptors (Lipinski definition) is 4. The Kier molecular flexibility index (Phi) is 11.6. The topological polar surface area (TPSA) is 86.8 Å². The van der Waals surface area contributed by atoms with Crippen LogP contribution in [0.2, 0.25) is 15.1 Å². The molecule has 4 aromatic rings. The van der Waals surface area contributed by atoms with Gasteiger partial charge < -0.3 is 10.2 Å². The summed E-state index contributed by atoms with van der Waals surface area (Å²) in [4.78, 5) is 29.7. The van der Waals surface area contributed by atoms with Crippen LogP contribution in [0.25, 0.3) is 0 Å². The molecule has 1 N–H and O–H groups in total. The summed E-state index contributed by atoms with van der Waals surface area (Å²) >= 11 is 19.3. The fourth-order valence-electron chi connectivity index (χ4n) is 4.92. The molecule has 1 atom stereocenters. The van der Waals surface area contributed by atoms with Gasteiger partial charge in [-0.25, -0.2) is 8.42 Å². The molecule has 4 aromatic carbocycles. The minimum atomic E-state index is -4.24. The predicted octanol–water partition coefficient (Wildman–Crippen LogP) is 7.32. The van der Waals surface area contributed by atoms with Gasteiger partial charge in [0.1, 0.15) is 12.6 Å². The second-order valence-corrected chi connectivity index (χ2v) is 14.0. The van der Waals surface area contributed by atoms with Crippen LogP contribution in [0, 0.1) is 6.92 Å². The first-order valence-corrected chi connectivity index (χ1v) is 16.9. The average molecular weight is 687 g/mol. The van der Waals surface area contributed by atoms with E-state index >= 15 is 0 Å². The number of amides is 2. The van der Waals surface area contributed by atoms with Crippen molar-refractivity contribution in [1.29, 1.82) is 0 Å². The first-order chi connectivity index (χ1) is 21.4. The molecule has 0 radical (unpaired) electrons. The minimum absolute atomic E-state index is 0.00577. The third-order valence-electron chi connectivity index (χ3n) is 7.13. The fraction of sp³-hybridized carbons (Fsp3) is 0.235. The fourth-order valence-corrected chi connectivity index (χ4v) is 7.16. The van der Waals surface area contributed by atoms with Crippen molar-refractivity contribution in [3.05, 3.63) is 129 Å². The maximum Gasteiger partial charge on any atom is 0.264 e. The van der Waals surface area contributed by atoms with Crippen LogP contribution in [0.15, 0.2) is 102 Å². The van der Waals surface area contributed by atoms with Crippen LogP contribution in [0.1, 0.15) is 30.5 Å². The molecule has 0 bridgehead atoms. The first-order valence-electron chi connectivity index (χ1n) is 14.3. The van der Waals surface area contributed by atoms with Crippen molar-refractivity contribution >= 4 is 62.3 Å². The Bertz CT molecular complexity index is 1730. The molecule has 0 saturated heterocycles. The highest BCUT2D eigenvalue weighted by molar-refractivity contribution is 7.92. The molecule has 0 saturated carbocycles. The van der Waals surface area contributed by atoms with Crippen LogP contribution in [-0.2, 0) is 32.6 Å². The third-order valence-corrected chi connectivity index (χ3v) is 9.85. The summed E-state index contributed by atoms with van der Waals surface area (Å²) in [5, 5.41) is 3.96. The molecule has 7 nitrogen and oxygen atoms in total. The van der Waals surface area contributed by atoms with Crippen LogP contribution in [0.4, 0.5) is 5.69 Å². The maximum atomic E-state index is 14.6. The Balaban J connectivity index is 1.86. The van der Waals surface area contributed by atoms with Gasteiger partial charge in [-0.2, -0.15) is 0 Å². The van der Waals surface area contributed by atoms with E-state index < -0.39 is 34.4 Å². The number of nitrogens with zero attached hydrogens (tertiary/aromatic N) is 2. The van der Waals surface area contributed by atoms with Crippen molar-refractivity contribution in [3.63, 3.8) is 0 Å². The molecule has 0 heterocycles. The van der Waals surface area contributed by atoms with Gasteiger partial charge in [-0.15, -0.1) is 0 Å². The number of carbonyl (C=O) groups is 2. The molecule has 45 heavy (non-hydrogen) atoms. The Morgan fingerprint density at radius 3 is 2.00 bits per heavy atom. The Labute approximate surface area is 279 Å². The number of halogens is 3. The Morgan fingerprint density at radius 2 is 1.42 bits per heavy atom. The zero-order valence-electron chi connectivity index (χ0n) is 25.1. The number of nitrogens with one attached hydrogen (secondary N) is 1. The Hall–Kier alpha value is -3.56. The first kappa shape index (κ1) is 34.3. The molecule has 0 aliphatic carbocycles. The summed E-state index contributed by atoms with van der Waals surface area (Å²) in [5.74, 6) is -1.02. The van der Waals surface area contributed by atoms with Gasteiger partial charge in [0.15, 0.2) is 0 Å². The molecule has 0 fully saturated rings. The molecule has 0 aliphatic heterocycles. The zero-order chi connectivity index (χ0) is 32.7. The van der Waals surface area contributed by atoms with Gasteiger partial charge in [-0.1, -0.05) is 89.4 Å². The highest BCUT2D eigenvalue weighted by Crippen LogP contribution is 2.31. The van der Waals surface area contributed by atoms with Crippen molar-refractivity contribution in [2.45, 2.75) is 50.7 Å². The molecule has 4 rings (SSSR count). The van der Waals surface area contributed by atoms with E-state index in [1.54, 1.807) is 61.5 Å². The smallest absolute Gasteiger partial charge is 0.264 e. The number of benzene rings is 4. The number of hydrogen-bond donors (Lipinski definition) is 1. The average Bonchev–Trinajstić information content (AvgIpc) is 2.99. The summed E-state index contributed by atoms with van der Waals surface area (Å²) in [5.41, 5.74) is 2.07. The van der Waals surface area contributed by atoms with Crippen LogP contribution < -0.4 is 9.62 Å². The van der Waals surface area contributed by atoms with Crippen LogP contribution in [0.3, 0.4) is 0 Å². The van der Waals surface area contributed by atoms with Gasteiger partial charge in [0.25, 0.3) is 10.0 Å². The standard InChI is InChI=1S/C34H34Cl3N3O4S/c1-23(2)38-34(42)32(20-25-11-6-4-7-12-25)39(21-28-29(36)15-10-16-30(28)37)33(41)22-40(31-18-17-26(35)19-24(31)3)45(43,44)27-13-8-5-9-14-27/h4-19,23,32H,20-22H2,1-3H3,(H,38,42)/t32-/m1/s1. The zero-order valence-corrected chi connectivity index (χ0v) is 28.2. The molecule has 0 unspecified atom stereocenters. The summed E-state index contributed by atoms with van der Waals surface area (Å²) in [6.45, 7) is 4.62. The summed E-state index contributed by atoms with van der Waals surface area (Å²) in [6.07, 6.45) is 0.165. The molecule has 0 aliphatic rings. The lowest BCUT2D eigenvalue weighted by molar-refractivity contribution is -0.140. The normalized spacial score (nSPS) is 12.1. The van der Waals surface area contributed by atoms with E-state index in [0.29, 0.717) is 26.2 Å². The van der Waals surface area contributed by atoms with Crippen LogP contribution >= 0.6 is 34.8 Å². The monoisotopic (exact) mass is 685 g/mol. The molecule has 236 valence electrons. The van der Waals surface area contributed by atoms with E-state index in [0.717, 1.165) is 9.87 Å². The van der Waals surface area contributed by atoms with E-state index in [2.05, 4.69) is 5.32 Å². The van der Waals surface area contributed by atoms with E-state index in [4.69, 9.17) is 34.8 Å². The van der Waals surface area contributed by atoms with Crippen LogP contribution in [-0.4, -0.2) is 43.8 Å². The summed E-state index contributed by atoms with van der Waals surface area (Å²) in [7, 11) is -4.24. The lowest BCUT2D eigenvalue weighted by Crippen LogP contribution is -2.54. The lowest BCUT2D eigenvalue weighted by atomic mass is 10.0. The van der Waals surface area contributed by atoms with Gasteiger partial charge in [0.05, 0.1) is 10.6 Å². The largest absolute Gasteiger partial charge is 0.352 e. The molecule has 2 amide bonds. The number of sulfonamides is 1. The second-order valence-electron chi connectivity index (χ2n) is 10.8. The SMILES string of the molecule is Cc1cc(Cl)ccc1N(CC(=O)N(Cc1c(Cl)cccc1Cl)[C@H](Cc1ccccc1)C(=O)NC(C)C)S(=O)(=O)c1ccccc1. The highest BCUT2D eigenvalue weighted by Gasteiger charge is 2.35. The van der Waals surface area contributed by atoms with Crippen molar-refractivity contribution in [1.82, 2.24) is 10.2 Å². The van der Waals surface area contributed by atoms with Gasteiger partial charge in [-0.05, 0) is 74.4 Å². The van der Waals surface area contributed by atoms with Crippen molar-refractivity contribution < 1.29 is 18.0 Å². The quantitative estimate of drug-likeness (QED) is 0.169. The summed E-state index contributed by atoms with van der Waals surface area (Å²) in [6, 6.07) is 25.6. The van der Waals surface area contributed by atoms with E-state index in [9.17, 15) is 18.0 Å². The number of carbonyl (C=O) groups excluding carboxylic acids is 2. The van der Waals surface area contributed by atoms with Crippen molar-refractivity contribution in [2.24, 2.45) is 0 Å². The lowest BCUT2D eigenvalue weighted by Gasteiger charge is -2.34. The molecular formula is C34H34Cl3N3O4S. The maximum absolute atomic E-state index is 14.6. The van der Waals surface area contributed by atoms with Gasteiger partial charge in [0, 0.05) is 39.6 Å². The second kappa shape index (κ2) is 15.1. The van der Waals surface area contributed by atoms with Crippen molar-refractivity contribution in [3.8, 4) is 0 Å². The molecule has 11 heteroatoms. The third kappa shape index (κ3) is 8.58. The number of anilines is 1. The van der Waals surface area contributed by atoms with Gasteiger partial charge in [0.2, 0.25) is 11.8 Å². The van der Waals surface area contributed by atoms with Gasteiger partial charge >= 0.3 is 0 Å². The molecular weight excluding hydrogens is 653 g/mol. The number of aryl methyl sites for hydroxylation is 1. The van der Waals surface area contributed by atoms with E-state index in [1.807, 2.05) is 44.2 Å². The highest BCUT2D eigenvalue weighted by atomic mass is 35.5. The van der Waals surface area contributed by atoms with E-state index in [-0.39, 0.29) is 29.6 Å². The molecule has 0 aromatic heterocycles. The number of rotatable bonds is 12. The summed E-state index contributed by atoms with van der Waals surface area (Å²) < 4.78 is 29.3. The van der Waals surface area contributed by atoms with E-state index in [1.165, 1.54) is 17.0 Å². The Morgan fingerprint density at radius 1 is 0.822 bits per heavy atom.